The molecule has 0 amide bonds. The average Bonchev–Trinajstić information content (AvgIpc) is 2.37. The lowest BCUT2D eigenvalue weighted by Gasteiger charge is -2.19. The first-order valence-corrected chi connectivity index (χ1v) is 9.31. The maximum absolute atomic E-state index is 11.4. The Kier molecular flexibility index (Phi) is 5.71. The Labute approximate surface area is 115 Å². The van der Waals surface area contributed by atoms with Crippen LogP contribution in [0.3, 0.4) is 0 Å². The Morgan fingerprint density at radius 3 is 2.37 bits per heavy atom. The monoisotopic (exact) mass is 281 g/mol. The summed E-state index contributed by atoms with van der Waals surface area (Å²) >= 11 is 0. The van der Waals surface area contributed by atoms with Gasteiger partial charge in [0.05, 0.1) is 44.6 Å². The van der Waals surface area contributed by atoms with Gasteiger partial charge in [0.2, 0.25) is 0 Å². The number of hydrogen-bond donors (Lipinski definition) is 1. The lowest BCUT2D eigenvalue weighted by molar-refractivity contribution is -0.134. The van der Waals surface area contributed by atoms with Crippen LogP contribution in [0.4, 0.5) is 0 Å². The fourth-order valence-corrected chi connectivity index (χ4v) is 2.93. The molecule has 1 aromatic carbocycles. The van der Waals surface area contributed by atoms with Gasteiger partial charge < -0.3 is 9.84 Å². The number of hydrogen-bond acceptors (Lipinski definition) is 3. The first-order valence-electron chi connectivity index (χ1n) is 6.18. The van der Waals surface area contributed by atoms with Crippen LogP contribution < -0.4 is 0 Å². The van der Waals surface area contributed by atoms with Crippen molar-refractivity contribution in [2.45, 2.75) is 12.5 Å². The minimum atomic E-state index is -1.37. The summed E-state index contributed by atoms with van der Waals surface area (Å²) in [6, 6.07) is 9.49. The molecule has 1 atom stereocenters. The van der Waals surface area contributed by atoms with Gasteiger partial charge >= 0.3 is 5.97 Å². The predicted molar refractivity (Wildman–Crippen MR) is 80.8 cm³/mol. The molecule has 0 heterocycles. The largest absolute Gasteiger partial charge is 0.466 e. The number of benzene rings is 1. The maximum atomic E-state index is 11.4. The van der Waals surface area contributed by atoms with Crippen molar-refractivity contribution in [3.05, 3.63) is 47.3 Å². The molecule has 0 saturated heterocycles. The van der Waals surface area contributed by atoms with Crippen molar-refractivity contribution in [2.24, 2.45) is 0 Å². The van der Waals surface area contributed by atoms with Gasteiger partial charge in [-0.2, -0.15) is 0 Å². The quantitative estimate of drug-likeness (QED) is 0.512. The van der Waals surface area contributed by atoms with Crippen molar-refractivity contribution in [3.63, 3.8) is 0 Å². The Bertz CT molecular complexity index is 446. The molecule has 19 heavy (non-hydrogen) atoms. The molecule has 1 unspecified atom stereocenters. The van der Waals surface area contributed by atoms with Gasteiger partial charge in [-0.05, 0) is 5.56 Å². The Morgan fingerprint density at radius 1 is 1.32 bits per heavy atom. The van der Waals surface area contributed by atoms with E-state index in [4.69, 9.17) is 0 Å². The van der Waals surface area contributed by atoms with Gasteiger partial charge in [0.1, 0.15) is 0 Å². The number of methoxy groups -OCH3 is 1. The molecule has 0 aliphatic carbocycles. The van der Waals surface area contributed by atoms with Gasteiger partial charge in [0, 0.05) is 13.7 Å². The lowest BCUT2D eigenvalue weighted by Crippen LogP contribution is -2.05. The van der Waals surface area contributed by atoms with E-state index >= 15 is 0 Å². The summed E-state index contributed by atoms with van der Waals surface area (Å²) in [6.07, 6.45) is 1.41. The van der Waals surface area contributed by atoms with Crippen molar-refractivity contribution >= 4 is 13.2 Å². The lowest BCUT2D eigenvalue weighted by atomic mass is 10.1. The molecular weight excluding hydrogens is 259 g/mol. The molecule has 0 aliphatic rings. The molecule has 104 valence electrons. The fraction of sp³-hybridized carbons (Fsp3) is 0.400. The minimum Gasteiger partial charge on any atom is -0.466 e. The number of aliphatic hydroxyl groups is 1. The molecule has 1 N–H and O–H groups in total. The number of aliphatic hydroxyl groups excluding tert-OH is 1. The van der Waals surface area contributed by atoms with Crippen LogP contribution >= 0.6 is 7.26 Å². The van der Waals surface area contributed by atoms with Crippen LogP contribution in [0, 0.1) is 0 Å². The summed E-state index contributed by atoms with van der Waals surface area (Å²) in [5.74, 6) is -0.356. The molecule has 1 aromatic rings. The highest BCUT2D eigenvalue weighted by atomic mass is 31.2. The molecule has 3 nitrogen and oxygen atoms in total. The molecule has 0 aliphatic heterocycles. The molecule has 0 saturated carbocycles. The predicted octanol–water partition coefficient (Wildman–Crippen LogP) is 3.07. The Balaban J connectivity index is 2.91. The van der Waals surface area contributed by atoms with Crippen LogP contribution in [0.1, 0.15) is 18.1 Å². The summed E-state index contributed by atoms with van der Waals surface area (Å²) in [5, 5.41) is 11.2. The third-order valence-electron chi connectivity index (χ3n) is 2.93. The van der Waals surface area contributed by atoms with Crippen LogP contribution in [-0.2, 0) is 9.53 Å². The molecular formula is C15H22O3P+. The summed E-state index contributed by atoms with van der Waals surface area (Å²) in [6.45, 7) is 6.37. The van der Waals surface area contributed by atoms with Crippen LogP contribution in [-0.4, -0.2) is 38.2 Å². The van der Waals surface area contributed by atoms with E-state index in [1.807, 2.05) is 30.3 Å². The second-order valence-electron chi connectivity index (χ2n) is 5.30. The van der Waals surface area contributed by atoms with Crippen LogP contribution in [0.5, 0.6) is 0 Å². The first-order chi connectivity index (χ1) is 8.84. The number of carbonyl (C=O) groups is 1. The van der Waals surface area contributed by atoms with Crippen molar-refractivity contribution < 1.29 is 14.6 Å². The van der Waals surface area contributed by atoms with Crippen molar-refractivity contribution in [1.82, 2.24) is 0 Å². The standard InChI is InChI=1S/C15H22O3P/c1-18-15(17)11-13(19(2,3)4)10-14(16)12-8-6-5-7-9-12/h5-9,11,14,16H,10H2,1-4H3/q+1/b13-11-. The molecule has 0 aromatic heterocycles. The van der Waals surface area contributed by atoms with E-state index in [1.54, 1.807) is 0 Å². The highest BCUT2D eigenvalue weighted by Crippen LogP contribution is 2.57. The number of rotatable bonds is 5. The molecule has 0 spiro atoms. The highest BCUT2D eigenvalue weighted by molar-refractivity contribution is 7.77. The van der Waals surface area contributed by atoms with E-state index in [0.717, 1.165) is 10.9 Å². The zero-order valence-electron chi connectivity index (χ0n) is 12.0. The molecule has 0 bridgehead atoms. The van der Waals surface area contributed by atoms with Crippen LogP contribution in [0.15, 0.2) is 41.7 Å². The third-order valence-corrected chi connectivity index (χ3v) is 4.97. The second-order valence-corrected chi connectivity index (χ2v) is 9.90. The molecule has 0 radical (unpaired) electrons. The normalized spacial score (nSPS) is 14.1. The van der Waals surface area contributed by atoms with Gasteiger partial charge in [0.15, 0.2) is 0 Å². The van der Waals surface area contributed by atoms with Crippen LogP contribution in [0.25, 0.3) is 0 Å². The third kappa shape index (κ3) is 5.14. The van der Waals surface area contributed by atoms with Crippen molar-refractivity contribution in [3.8, 4) is 0 Å². The minimum absolute atomic E-state index is 0.356. The maximum Gasteiger partial charge on any atom is 0.334 e. The summed E-state index contributed by atoms with van der Waals surface area (Å²) in [5.41, 5.74) is 0.867. The van der Waals surface area contributed by atoms with Gasteiger partial charge in [0.25, 0.3) is 0 Å². The van der Waals surface area contributed by atoms with Gasteiger partial charge in [-0.1, -0.05) is 30.3 Å². The number of carbonyl (C=O) groups excluding carboxylic acids is 1. The van der Waals surface area contributed by atoms with Crippen LogP contribution in [0.2, 0.25) is 0 Å². The van der Waals surface area contributed by atoms with Crippen molar-refractivity contribution in [1.29, 1.82) is 0 Å². The molecule has 1 rings (SSSR count). The van der Waals surface area contributed by atoms with E-state index in [2.05, 4.69) is 24.7 Å². The molecule has 0 fully saturated rings. The van der Waals surface area contributed by atoms with E-state index in [-0.39, 0.29) is 5.97 Å². The van der Waals surface area contributed by atoms with Gasteiger partial charge in [-0.15, -0.1) is 0 Å². The zero-order valence-corrected chi connectivity index (χ0v) is 12.9. The van der Waals surface area contributed by atoms with E-state index in [9.17, 15) is 9.90 Å². The average molecular weight is 281 g/mol. The number of ether oxygens (including phenoxy) is 1. The van der Waals surface area contributed by atoms with E-state index < -0.39 is 13.4 Å². The topological polar surface area (TPSA) is 46.5 Å². The second kappa shape index (κ2) is 6.83. The molecule has 4 heteroatoms. The Hall–Kier alpha value is -1.18. The van der Waals surface area contributed by atoms with Gasteiger partial charge in [-0.3, -0.25) is 0 Å². The van der Waals surface area contributed by atoms with E-state index in [0.29, 0.717) is 6.42 Å². The summed E-state index contributed by atoms with van der Waals surface area (Å²) < 4.78 is 4.68. The van der Waals surface area contributed by atoms with E-state index in [1.165, 1.54) is 13.2 Å². The highest BCUT2D eigenvalue weighted by Gasteiger charge is 2.28. The fourth-order valence-electron chi connectivity index (χ4n) is 1.71. The summed E-state index contributed by atoms with van der Waals surface area (Å²) in [4.78, 5) is 11.4. The van der Waals surface area contributed by atoms with Gasteiger partial charge in [-0.25, -0.2) is 4.79 Å². The smallest absolute Gasteiger partial charge is 0.334 e. The number of esters is 1. The first kappa shape index (κ1) is 15.9. The Morgan fingerprint density at radius 2 is 1.89 bits per heavy atom. The van der Waals surface area contributed by atoms with Crippen molar-refractivity contribution in [2.75, 3.05) is 27.1 Å². The SMILES string of the molecule is COC(=O)/C=C(/CC(O)c1ccccc1)[P+](C)(C)C. The zero-order chi connectivity index (χ0) is 14.5. The summed E-state index contributed by atoms with van der Waals surface area (Å²) in [7, 11) is -0.000716.